The molecule has 2 fully saturated rings. The lowest BCUT2D eigenvalue weighted by Gasteiger charge is -2.22. The molecule has 0 radical (unpaired) electrons. The number of rotatable bonds is 4. The van der Waals surface area contributed by atoms with E-state index in [9.17, 15) is 9.59 Å². The quantitative estimate of drug-likeness (QED) is 0.715. The van der Waals surface area contributed by atoms with Crippen LogP contribution in [0.5, 0.6) is 0 Å². The number of nitrogens with zero attached hydrogens (tertiary/aromatic N) is 1. The second kappa shape index (κ2) is 7.43. The average molecular weight is 398 g/mol. The van der Waals surface area contributed by atoms with E-state index >= 15 is 0 Å². The maximum Gasteiger partial charge on any atom is 0.179 e. The number of Topliss-reactive ketones (excluding diaryl/α,β-unsaturated/α-hetero) is 2. The van der Waals surface area contributed by atoms with Crippen molar-refractivity contribution >= 4 is 23.2 Å². The minimum atomic E-state index is -0.736. The number of halogens is 1. The second-order valence-electron chi connectivity index (χ2n) is 7.59. The van der Waals surface area contributed by atoms with Crippen LogP contribution in [0.2, 0.25) is 5.02 Å². The Hall–Kier alpha value is -2.01. The third-order valence-corrected chi connectivity index (χ3v) is 6.35. The Morgan fingerprint density at radius 3 is 2.32 bits per heavy atom. The molecule has 2 aromatic rings. The van der Waals surface area contributed by atoms with Gasteiger partial charge < -0.3 is 0 Å². The van der Waals surface area contributed by atoms with Crippen molar-refractivity contribution in [3.63, 3.8) is 0 Å². The van der Waals surface area contributed by atoms with Gasteiger partial charge in [0.05, 0.1) is 5.92 Å². The minimum Gasteiger partial charge on any atom is -0.298 e. The molecule has 4 rings (SSSR count). The smallest absolute Gasteiger partial charge is 0.179 e. The van der Waals surface area contributed by atoms with Crippen molar-refractivity contribution < 1.29 is 14.4 Å². The summed E-state index contributed by atoms with van der Waals surface area (Å²) in [5.41, 5.74) is 3.84. The topological polar surface area (TPSA) is 46.6 Å². The Labute approximate surface area is 170 Å². The highest BCUT2D eigenvalue weighted by Crippen LogP contribution is 2.44. The molecule has 0 amide bonds. The molecular formula is C23H24ClNO3. The molecule has 0 aromatic heterocycles. The number of carbonyl (C=O) groups is 2. The Balaban J connectivity index is 1.76. The van der Waals surface area contributed by atoms with Crippen LogP contribution in [0.15, 0.2) is 42.5 Å². The molecule has 1 heterocycles. The highest BCUT2D eigenvalue weighted by atomic mass is 35.5. The number of aryl methyl sites for hydroxylation is 1. The fraction of sp³-hybridized carbons (Fsp3) is 0.391. The molecule has 1 saturated carbocycles. The van der Waals surface area contributed by atoms with E-state index in [1.165, 1.54) is 0 Å². The standard InChI is InChI=1S/C23H24ClNO3/c1-4-13-6-7-15(14-8-10-16(24)11-9-14)12-17(13)19-21(26)20-18(5-2)25(3)28-23(20)22(19)27/h6-12,18-20,23H,4-5H2,1-3H3/t18?,19?,20-,23-/m1/s1. The second-order valence-corrected chi connectivity index (χ2v) is 8.02. The van der Waals surface area contributed by atoms with Gasteiger partial charge in [0, 0.05) is 18.1 Å². The maximum atomic E-state index is 13.3. The third kappa shape index (κ3) is 3.00. The van der Waals surface area contributed by atoms with Crippen molar-refractivity contribution in [3.05, 3.63) is 58.6 Å². The Morgan fingerprint density at radius 1 is 1.00 bits per heavy atom. The molecule has 2 aliphatic rings. The summed E-state index contributed by atoms with van der Waals surface area (Å²) in [5.74, 6) is -1.23. The summed E-state index contributed by atoms with van der Waals surface area (Å²) in [4.78, 5) is 32.3. The number of fused-ring (bicyclic) bond motifs is 1. The number of carbonyl (C=O) groups excluding carboxylic acids is 2. The van der Waals surface area contributed by atoms with E-state index in [0.29, 0.717) is 5.02 Å². The molecule has 28 heavy (non-hydrogen) atoms. The molecule has 2 unspecified atom stereocenters. The van der Waals surface area contributed by atoms with E-state index < -0.39 is 12.0 Å². The Bertz CT molecular complexity index is 924. The van der Waals surface area contributed by atoms with Crippen LogP contribution < -0.4 is 0 Å². The molecule has 0 bridgehead atoms. The summed E-state index contributed by atoms with van der Waals surface area (Å²) < 4.78 is 0. The van der Waals surface area contributed by atoms with E-state index in [2.05, 4.69) is 0 Å². The zero-order chi connectivity index (χ0) is 20.0. The van der Waals surface area contributed by atoms with Crippen molar-refractivity contribution in [2.75, 3.05) is 7.05 Å². The average Bonchev–Trinajstić information content (AvgIpc) is 3.15. The fourth-order valence-corrected chi connectivity index (χ4v) is 4.77. The lowest BCUT2D eigenvalue weighted by molar-refractivity contribution is -0.161. The number of benzene rings is 2. The van der Waals surface area contributed by atoms with Crippen molar-refractivity contribution in [2.45, 2.75) is 44.8 Å². The Kier molecular flexibility index (Phi) is 5.13. The van der Waals surface area contributed by atoms with E-state index in [4.69, 9.17) is 16.4 Å². The summed E-state index contributed by atoms with van der Waals surface area (Å²) >= 11 is 6.01. The van der Waals surface area contributed by atoms with Crippen molar-refractivity contribution in [1.29, 1.82) is 0 Å². The van der Waals surface area contributed by atoms with Crippen LogP contribution in [-0.4, -0.2) is 35.8 Å². The highest BCUT2D eigenvalue weighted by molar-refractivity contribution is 6.30. The van der Waals surface area contributed by atoms with Gasteiger partial charge in [-0.15, -0.1) is 0 Å². The van der Waals surface area contributed by atoms with Gasteiger partial charge in [-0.25, -0.2) is 0 Å². The lowest BCUT2D eigenvalue weighted by atomic mass is 9.86. The lowest BCUT2D eigenvalue weighted by Crippen LogP contribution is -2.33. The van der Waals surface area contributed by atoms with Crippen LogP contribution >= 0.6 is 11.6 Å². The van der Waals surface area contributed by atoms with Crippen LogP contribution in [-0.2, 0) is 20.8 Å². The van der Waals surface area contributed by atoms with Gasteiger partial charge >= 0.3 is 0 Å². The van der Waals surface area contributed by atoms with E-state index in [1.807, 2.05) is 56.3 Å². The number of hydroxylamine groups is 2. The van der Waals surface area contributed by atoms with Crippen LogP contribution in [0, 0.1) is 5.92 Å². The van der Waals surface area contributed by atoms with Crippen molar-refractivity contribution in [1.82, 2.24) is 5.06 Å². The highest BCUT2D eigenvalue weighted by Gasteiger charge is 2.59. The van der Waals surface area contributed by atoms with Crippen LogP contribution in [0.1, 0.15) is 37.3 Å². The summed E-state index contributed by atoms with van der Waals surface area (Å²) in [7, 11) is 1.81. The molecule has 4 nitrogen and oxygen atoms in total. The van der Waals surface area contributed by atoms with Gasteiger partial charge in [0.2, 0.25) is 0 Å². The van der Waals surface area contributed by atoms with Crippen LogP contribution in [0.25, 0.3) is 11.1 Å². The first-order valence-corrected chi connectivity index (χ1v) is 10.2. The summed E-state index contributed by atoms with van der Waals surface area (Å²) in [5, 5.41) is 2.36. The van der Waals surface area contributed by atoms with Crippen LogP contribution in [0.4, 0.5) is 0 Å². The molecule has 146 valence electrons. The first kappa shape index (κ1) is 19.3. The van der Waals surface area contributed by atoms with Crippen LogP contribution in [0.3, 0.4) is 0 Å². The number of ketones is 2. The first-order chi connectivity index (χ1) is 13.5. The molecule has 0 spiro atoms. The minimum absolute atomic E-state index is 0.00541. The summed E-state index contributed by atoms with van der Waals surface area (Å²) in [6, 6.07) is 13.6. The van der Waals surface area contributed by atoms with Gasteiger partial charge in [0.1, 0.15) is 12.0 Å². The van der Waals surface area contributed by atoms with Gasteiger partial charge in [-0.05, 0) is 53.3 Å². The zero-order valence-electron chi connectivity index (χ0n) is 16.3. The molecular weight excluding hydrogens is 374 g/mol. The molecule has 1 aliphatic heterocycles. The molecule has 1 aliphatic carbocycles. The van der Waals surface area contributed by atoms with Gasteiger partial charge in [-0.1, -0.05) is 49.7 Å². The predicted octanol–water partition coefficient (Wildman–Crippen LogP) is 4.45. The van der Waals surface area contributed by atoms with E-state index in [-0.39, 0.29) is 23.5 Å². The van der Waals surface area contributed by atoms with Gasteiger partial charge in [0.25, 0.3) is 0 Å². The van der Waals surface area contributed by atoms with Gasteiger partial charge in [0.15, 0.2) is 11.6 Å². The molecule has 1 saturated heterocycles. The fourth-order valence-electron chi connectivity index (χ4n) is 4.64. The largest absolute Gasteiger partial charge is 0.298 e. The zero-order valence-corrected chi connectivity index (χ0v) is 17.1. The maximum absolute atomic E-state index is 13.3. The molecule has 2 aromatic carbocycles. The predicted molar refractivity (Wildman–Crippen MR) is 109 cm³/mol. The Morgan fingerprint density at radius 2 is 1.68 bits per heavy atom. The molecule has 5 heteroatoms. The molecule has 4 atom stereocenters. The van der Waals surface area contributed by atoms with E-state index in [0.717, 1.165) is 35.1 Å². The first-order valence-electron chi connectivity index (χ1n) is 9.82. The van der Waals surface area contributed by atoms with Crippen molar-refractivity contribution in [3.8, 4) is 11.1 Å². The van der Waals surface area contributed by atoms with Crippen molar-refractivity contribution in [2.24, 2.45) is 5.92 Å². The summed E-state index contributed by atoms with van der Waals surface area (Å²) in [6.07, 6.45) is 0.881. The third-order valence-electron chi connectivity index (χ3n) is 6.10. The normalized spacial score (nSPS) is 27.4. The SMILES string of the molecule is CCc1ccc(-c2ccc(Cl)cc2)cc1C1C(=O)[C@@H]2ON(C)C(CC)[C@@H]2C1=O. The monoisotopic (exact) mass is 397 g/mol. The van der Waals surface area contributed by atoms with Gasteiger partial charge in [-0.2, -0.15) is 5.06 Å². The molecule has 0 N–H and O–H groups in total. The van der Waals surface area contributed by atoms with E-state index in [1.54, 1.807) is 12.1 Å². The van der Waals surface area contributed by atoms with Gasteiger partial charge in [-0.3, -0.25) is 14.4 Å². The number of hydrogen-bond donors (Lipinski definition) is 0. The number of hydrogen-bond acceptors (Lipinski definition) is 4. The summed E-state index contributed by atoms with van der Waals surface area (Å²) in [6.45, 7) is 4.07.